The van der Waals surface area contributed by atoms with Gasteiger partial charge >= 0.3 is 0 Å². The second-order valence-electron chi connectivity index (χ2n) is 7.56. The van der Waals surface area contributed by atoms with Gasteiger partial charge in [0.2, 0.25) is 0 Å². The predicted molar refractivity (Wildman–Crippen MR) is 108 cm³/mol. The summed E-state index contributed by atoms with van der Waals surface area (Å²) < 4.78 is 0. The zero-order chi connectivity index (χ0) is 18.5. The standard InChI is InChI=1S/C23H30N2O/c1-18-9-8-10-19(17-18)21-13-6-7-14-22(21)23(26)25(3)16-15-24(2)20-11-4-5-12-20/h6-10,13-14,17,20H,4-5,11-12,15-16H2,1-3H3. The number of carbonyl (C=O) groups is 1. The molecule has 3 nitrogen and oxygen atoms in total. The van der Waals surface area contributed by atoms with E-state index in [4.69, 9.17) is 0 Å². The van der Waals surface area contributed by atoms with E-state index in [1.54, 1.807) is 0 Å². The van der Waals surface area contributed by atoms with Gasteiger partial charge < -0.3 is 9.80 Å². The van der Waals surface area contributed by atoms with Gasteiger partial charge in [-0.3, -0.25) is 4.79 Å². The highest BCUT2D eigenvalue weighted by Gasteiger charge is 2.21. The molecular formula is C23H30N2O. The van der Waals surface area contributed by atoms with Crippen LogP contribution in [0.1, 0.15) is 41.6 Å². The summed E-state index contributed by atoms with van der Waals surface area (Å²) in [4.78, 5) is 17.3. The van der Waals surface area contributed by atoms with Crippen LogP contribution in [-0.2, 0) is 0 Å². The molecular weight excluding hydrogens is 320 g/mol. The Balaban J connectivity index is 1.71. The average Bonchev–Trinajstić information content (AvgIpc) is 3.20. The fraction of sp³-hybridized carbons (Fsp3) is 0.435. The third kappa shape index (κ3) is 4.34. The Morgan fingerprint density at radius 2 is 1.73 bits per heavy atom. The number of carbonyl (C=O) groups excluding carboxylic acids is 1. The van der Waals surface area contributed by atoms with E-state index in [1.807, 2.05) is 42.3 Å². The monoisotopic (exact) mass is 350 g/mol. The van der Waals surface area contributed by atoms with Gasteiger partial charge in [-0.15, -0.1) is 0 Å². The largest absolute Gasteiger partial charge is 0.340 e. The first-order chi connectivity index (χ1) is 12.6. The summed E-state index contributed by atoms with van der Waals surface area (Å²) in [5.41, 5.74) is 4.10. The molecule has 0 unspecified atom stereocenters. The van der Waals surface area contributed by atoms with Crippen LogP contribution in [0.25, 0.3) is 11.1 Å². The quantitative estimate of drug-likeness (QED) is 0.760. The van der Waals surface area contributed by atoms with Gasteiger partial charge in [0.25, 0.3) is 5.91 Å². The molecule has 0 bridgehead atoms. The molecule has 0 saturated heterocycles. The predicted octanol–water partition coefficient (Wildman–Crippen LogP) is 4.61. The van der Waals surface area contributed by atoms with E-state index in [0.29, 0.717) is 6.04 Å². The van der Waals surface area contributed by atoms with E-state index in [0.717, 1.165) is 29.8 Å². The first-order valence-electron chi connectivity index (χ1n) is 9.68. The Bertz CT molecular complexity index is 749. The molecule has 0 aliphatic heterocycles. The molecule has 1 aliphatic rings. The van der Waals surface area contributed by atoms with E-state index in [2.05, 4.69) is 37.1 Å². The molecule has 0 spiro atoms. The number of hydrogen-bond acceptors (Lipinski definition) is 2. The van der Waals surface area contributed by atoms with Crippen molar-refractivity contribution in [1.82, 2.24) is 9.80 Å². The zero-order valence-electron chi connectivity index (χ0n) is 16.2. The van der Waals surface area contributed by atoms with E-state index >= 15 is 0 Å². The lowest BCUT2D eigenvalue weighted by molar-refractivity contribution is 0.0775. The number of likely N-dealkylation sites (N-methyl/N-ethyl adjacent to an activating group) is 2. The lowest BCUT2D eigenvalue weighted by atomic mass is 9.97. The Morgan fingerprint density at radius 1 is 1.00 bits per heavy atom. The van der Waals surface area contributed by atoms with Crippen LogP contribution in [0.2, 0.25) is 0 Å². The molecule has 0 N–H and O–H groups in total. The summed E-state index contributed by atoms with van der Waals surface area (Å²) in [6, 6.07) is 17.0. The van der Waals surface area contributed by atoms with Gasteiger partial charge in [-0.1, -0.05) is 60.9 Å². The number of benzene rings is 2. The zero-order valence-corrected chi connectivity index (χ0v) is 16.2. The lowest BCUT2D eigenvalue weighted by Gasteiger charge is -2.27. The molecule has 26 heavy (non-hydrogen) atoms. The molecule has 1 saturated carbocycles. The third-order valence-electron chi connectivity index (χ3n) is 5.57. The van der Waals surface area contributed by atoms with Gasteiger partial charge in [0.15, 0.2) is 0 Å². The Hall–Kier alpha value is -2.13. The molecule has 3 heteroatoms. The number of rotatable bonds is 6. The van der Waals surface area contributed by atoms with Crippen LogP contribution in [0.5, 0.6) is 0 Å². The number of aryl methyl sites for hydroxylation is 1. The van der Waals surface area contributed by atoms with Crippen LogP contribution in [-0.4, -0.2) is 48.9 Å². The maximum absolute atomic E-state index is 13.1. The van der Waals surface area contributed by atoms with Crippen molar-refractivity contribution in [2.45, 2.75) is 38.6 Å². The van der Waals surface area contributed by atoms with Crippen molar-refractivity contribution in [2.75, 3.05) is 27.2 Å². The van der Waals surface area contributed by atoms with Gasteiger partial charge in [0.1, 0.15) is 0 Å². The minimum atomic E-state index is 0.0990. The molecule has 0 heterocycles. The van der Waals surface area contributed by atoms with Crippen LogP contribution in [0, 0.1) is 6.92 Å². The average molecular weight is 351 g/mol. The van der Waals surface area contributed by atoms with Crippen molar-refractivity contribution in [3.63, 3.8) is 0 Å². The van der Waals surface area contributed by atoms with Gasteiger partial charge in [-0.25, -0.2) is 0 Å². The van der Waals surface area contributed by atoms with Crippen molar-refractivity contribution in [1.29, 1.82) is 0 Å². The van der Waals surface area contributed by atoms with Crippen molar-refractivity contribution < 1.29 is 4.79 Å². The van der Waals surface area contributed by atoms with Gasteiger partial charge in [-0.05, 0) is 44.0 Å². The van der Waals surface area contributed by atoms with E-state index in [1.165, 1.54) is 31.2 Å². The van der Waals surface area contributed by atoms with Gasteiger partial charge in [0.05, 0.1) is 0 Å². The molecule has 2 aromatic rings. The van der Waals surface area contributed by atoms with Crippen molar-refractivity contribution >= 4 is 5.91 Å². The van der Waals surface area contributed by atoms with Crippen molar-refractivity contribution in [3.8, 4) is 11.1 Å². The number of amides is 1. The topological polar surface area (TPSA) is 23.6 Å². The molecule has 1 amide bonds. The fourth-order valence-electron chi connectivity index (χ4n) is 3.88. The highest BCUT2D eigenvalue weighted by atomic mass is 16.2. The Kier molecular flexibility index (Phi) is 6.10. The van der Waals surface area contributed by atoms with E-state index < -0.39 is 0 Å². The Morgan fingerprint density at radius 3 is 2.46 bits per heavy atom. The van der Waals surface area contributed by atoms with Crippen molar-refractivity contribution in [3.05, 3.63) is 59.7 Å². The normalized spacial score (nSPS) is 14.8. The van der Waals surface area contributed by atoms with Gasteiger partial charge in [0, 0.05) is 31.7 Å². The minimum absolute atomic E-state index is 0.0990. The van der Waals surface area contributed by atoms with E-state index in [-0.39, 0.29) is 5.91 Å². The fourth-order valence-corrected chi connectivity index (χ4v) is 3.88. The third-order valence-corrected chi connectivity index (χ3v) is 5.57. The molecule has 138 valence electrons. The summed E-state index contributed by atoms with van der Waals surface area (Å²) in [6.07, 6.45) is 5.27. The minimum Gasteiger partial charge on any atom is -0.340 e. The molecule has 0 atom stereocenters. The first-order valence-corrected chi connectivity index (χ1v) is 9.68. The maximum atomic E-state index is 13.1. The van der Waals surface area contributed by atoms with E-state index in [9.17, 15) is 4.79 Å². The molecule has 1 fully saturated rings. The number of nitrogens with zero attached hydrogens (tertiary/aromatic N) is 2. The lowest BCUT2D eigenvalue weighted by Crippen LogP contribution is -2.38. The van der Waals surface area contributed by atoms with Crippen LogP contribution in [0.15, 0.2) is 48.5 Å². The first kappa shape index (κ1) is 18.7. The second-order valence-corrected chi connectivity index (χ2v) is 7.56. The molecule has 2 aromatic carbocycles. The Labute approximate surface area is 157 Å². The summed E-state index contributed by atoms with van der Waals surface area (Å²) in [7, 11) is 4.10. The molecule has 0 aromatic heterocycles. The molecule has 1 aliphatic carbocycles. The van der Waals surface area contributed by atoms with Crippen LogP contribution >= 0.6 is 0 Å². The smallest absolute Gasteiger partial charge is 0.254 e. The van der Waals surface area contributed by atoms with Gasteiger partial charge in [-0.2, -0.15) is 0 Å². The van der Waals surface area contributed by atoms with Crippen LogP contribution < -0.4 is 0 Å². The highest BCUT2D eigenvalue weighted by Crippen LogP contribution is 2.26. The molecule has 0 radical (unpaired) electrons. The highest BCUT2D eigenvalue weighted by molar-refractivity contribution is 6.00. The summed E-state index contributed by atoms with van der Waals surface area (Å²) in [5, 5.41) is 0. The molecule has 3 rings (SSSR count). The summed E-state index contributed by atoms with van der Waals surface area (Å²) in [6.45, 7) is 3.77. The van der Waals surface area contributed by atoms with Crippen molar-refractivity contribution in [2.24, 2.45) is 0 Å². The number of hydrogen-bond donors (Lipinski definition) is 0. The van der Waals surface area contributed by atoms with Crippen LogP contribution in [0.3, 0.4) is 0 Å². The second kappa shape index (κ2) is 8.50. The van der Waals surface area contributed by atoms with Crippen LogP contribution in [0.4, 0.5) is 0 Å². The maximum Gasteiger partial charge on any atom is 0.254 e. The SMILES string of the molecule is Cc1cccc(-c2ccccc2C(=O)N(C)CCN(C)C2CCCC2)c1. The summed E-state index contributed by atoms with van der Waals surface area (Å²) in [5.74, 6) is 0.0990. The summed E-state index contributed by atoms with van der Waals surface area (Å²) >= 11 is 0.